The number of fused-ring (bicyclic) bond motifs is 5. The molecule has 4 fully saturated rings. The summed E-state index contributed by atoms with van der Waals surface area (Å²) in [5.74, 6) is 1.47. The third kappa shape index (κ3) is 4.98. The maximum atomic E-state index is 16.9. The van der Waals surface area contributed by atoms with Gasteiger partial charge in [-0.3, -0.25) is 9.88 Å². The Labute approximate surface area is 271 Å². The zero-order valence-electron chi connectivity index (χ0n) is 26.2. The number of piperazine rings is 1. The van der Waals surface area contributed by atoms with Crippen LogP contribution in [0.3, 0.4) is 0 Å². The van der Waals surface area contributed by atoms with Gasteiger partial charge in [-0.25, -0.2) is 8.78 Å². The zero-order valence-corrected chi connectivity index (χ0v) is 26.2. The van der Waals surface area contributed by atoms with E-state index in [0.29, 0.717) is 55.0 Å². The minimum absolute atomic E-state index is 0.0323. The van der Waals surface area contributed by atoms with Gasteiger partial charge in [-0.2, -0.15) is 9.97 Å². The molecule has 6 heterocycles. The van der Waals surface area contributed by atoms with E-state index >= 15 is 4.39 Å². The molecule has 0 radical (unpaired) electrons. The molecule has 0 amide bonds. The summed E-state index contributed by atoms with van der Waals surface area (Å²) < 4.78 is 43.7. The summed E-state index contributed by atoms with van der Waals surface area (Å²) in [4.78, 5) is 18.7. The summed E-state index contributed by atoms with van der Waals surface area (Å²) in [5.41, 5.74) is 0.951. The first-order valence-corrected chi connectivity index (χ1v) is 16.1. The number of hydrogen-bond donors (Lipinski definition) is 2. The average Bonchev–Trinajstić information content (AvgIpc) is 3.69. The van der Waals surface area contributed by atoms with Crippen molar-refractivity contribution in [3.63, 3.8) is 0 Å². The molecule has 0 unspecified atom stereocenters. The Kier molecular flexibility index (Phi) is 7.28. The number of anilines is 1. The van der Waals surface area contributed by atoms with Gasteiger partial charge in [-0.15, -0.1) is 6.42 Å². The Morgan fingerprint density at radius 3 is 2.74 bits per heavy atom. The number of nitrogens with zero attached hydrogens (tertiary/aromatic N) is 5. The highest BCUT2D eigenvalue weighted by molar-refractivity contribution is 6.03. The molecule has 8 rings (SSSR count). The molecule has 0 aliphatic carbocycles. The molecule has 2 bridgehead atoms. The molecule has 4 atom stereocenters. The lowest BCUT2D eigenvalue weighted by atomic mass is 9.94. The molecule has 4 aliphatic rings. The van der Waals surface area contributed by atoms with E-state index in [1.807, 2.05) is 0 Å². The van der Waals surface area contributed by atoms with Crippen LogP contribution in [0.5, 0.6) is 11.8 Å². The Hall–Kier alpha value is -4.37. The minimum atomic E-state index is -0.733. The number of terminal acetylenes is 1. The predicted molar refractivity (Wildman–Crippen MR) is 176 cm³/mol. The van der Waals surface area contributed by atoms with Gasteiger partial charge >= 0.3 is 6.01 Å². The van der Waals surface area contributed by atoms with Crippen LogP contribution in [-0.4, -0.2) is 88.6 Å². The summed E-state index contributed by atoms with van der Waals surface area (Å²) >= 11 is 0. The highest BCUT2D eigenvalue weighted by Gasteiger charge is 2.51. The van der Waals surface area contributed by atoms with Crippen LogP contribution in [0.1, 0.15) is 37.7 Å². The first-order valence-electron chi connectivity index (χ1n) is 16.1. The van der Waals surface area contributed by atoms with Gasteiger partial charge in [0.15, 0.2) is 5.82 Å². The van der Waals surface area contributed by atoms with Crippen molar-refractivity contribution >= 4 is 27.5 Å². The van der Waals surface area contributed by atoms with Crippen molar-refractivity contribution in [1.29, 1.82) is 0 Å². The summed E-state index contributed by atoms with van der Waals surface area (Å²) in [6.45, 7) is 7.44. The number of benzene rings is 2. The molecular formula is C36H36F2N6O3. The van der Waals surface area contributed by atoms with E-state index in [1.165, 1.54) is 24.3 Å². The Bertz CT molecular complexity index is 1970. The van der Waals surface area contributed by atoms with Crippen molar-refractivity contribution in [1.82, 2.24) is 25.2 Å². The predicted octanol–water partition coefficient (Wildman–Crippen LogP) is 4.94. The number of ether oxygens (including phenoxy) is 2. The van der Waals surface area contributed by atoms with Crippen molar-refractivity contribution in [3.8, 4) is 35.4 Å². The van der Waals surface area contributed by atoms with Crippen molar-refractivity contribution in [2.45, 2.75) is 55.8 Å². The fourth-order valence-corrected chi connectivity index (χ4v) is 8.38. The van der Waals surface area contributed by atoms with E-state index in [2.05, 4.69) is 37.6 Å². The number of rotatable bonds is 7. The number of phenolic OH excluding ortho intramolecular Hbond substituents is 1. The number of halogens is 2. The lowest BCUT2D eigenvalue weighted by Gasteiger charge is -2.35. The van der Waals surface area contributed by atoms with E-state index in [-0.39, 0.29) is 51.1 Å². The highest BCUT2D eigenvalue weighted by atomic mass is 19.1. The molecule has 4 aromatic rings. The number of phenols is 1. The highest BCUT2D eigenvalue weighted by Crippen LogP contribution is 2.45. The summed E-state index contributed by atoms with van der Waals surface area (Å²) in [5, 5.41) is 15.4. The third-order valence-electron chi connectivity index (χ3n) is 10.4. The summed E-state index contributed by atoms with van der Waals surface area (Å²) in [6.07, 6.45) is 12.1. The van der Waals surface area contributed by atoms with Crippen LogP contribution in [0.25, 0.3) is 32.9 Å². The van der Waals surface area contributed by atoms with Crippen LogP contribution in [-0.2, 0) is 4.74 Å². The molecule has 0 saturated carbocycles. The second-order valence-electron chi connectivity index (χ2n) is 13.4. The number of aromatic hydroxyl groups is 1. The van der Waals surface area contributed by atoms with Crippen LogP contribution in [0.15, 0.2) is 42.6 Å². The number of pyridine rings is 1. The second kappa shape index (κ2) is 11.4. The van der Waals surface area contributed by atoms with Crippen LogP contribution < -0.4 is 15.0 Å². The number of nitrogens with one attached hydrogen (secondary N) is 1. The quantitative estimate of drug-likeness (QED) is 0.216. The Balaban J connectivity index is 1.25. The molecule has 4 saturated heterocycles. The van der Waals surface area contributed by atoms with Gasteiger partial charge in [0.2, 0.25) is 0 Å². The van der Waals surface area contributed by atoms with Gasteiger partial charge < -0.3 is 24.8 Å². The van der Waals surface area contributed by atoms with E-state index in [1.54, 1.807) is 13.3 Å². The fraction of sp³-hybridized carbons (Fsp3) is 0.417. The van der Waals surface area contributed by atoms with Crippen LogP contribution >= 0.6 is 0 Å². The van der Waals surface area contributed by atoms with Crippen LogP contribution in [0.2, 0.25) is 0 Å². The van der Waals surface area contributed by atoms with E-state index in [4.69, 9.17) is 20.9 Å². The largest absolute Gasteiger partial charge is 0.508 e. The molecule has 0 spiro atoms. The average molecular weight is 639 g/mol. The molecule has 47 heavy (non-hydrogen) atoms. The minimum Gasteiger partial charge on any atom is -0.508 e. The monoisotopic (exact) mass is 638 g/mol. The van der Waals surface area contributed by atoms with Gasteiger partial charge in [-0.1, -0.05) is 24.1 Å². The van der Waals surface area contributed by atoms with E-state index in [0.717, 1.165) is 44.2 Å². The van der Waals surface area contributed by atoms with Gasteiger partial charge in [0, 0.05) is 62.0 Å². The lowest BCUT2D eigenvalue weighted by Crippen LogP contribution is -2.51. The standard InChI is InChI=1S/C36H36F2N6O3/c1-4-26-29(37)8-5-21-11-25(45)12-27(30(21)26)32-31(38)33-28(14-39-32)34(43-16-22-6-7-23(17-43)40-22)42-35(41-33)47-19-36-10-9-24(18-46-3)44(36)15-20(2)13-36/h1,5,8,11-12,14,22-24,40,45H,2,6-7,9-10,13,15-19H2,3H3/t22-,23+,24-,36-/m1/s1. The lowest BCUT2D eigenvalue weighted by molar-refractivity contribution is 0.0522. The van der Waals surface area contributed by atoms with Gasteiger partial charge in [-0.05, 0) is 55.7 Å². The van der Waals surface area contributed by atoms with Gasteiger partial charge in [0.05, 0.1) is 23.1 Å². The summed E-state index contributed by atoms with van der Waals surface area (Å²) in [7, 11) is 1.72. The topological polar surface area (TPSA) is 95.9 Å². The Morgan fingerprint density at radius 2 is 1.98 bits per heavy atom. The van der Waals surface area contributed by atoms with Crippen molar-refractivity contribution in [2.24, 2.45) is 0 Å². The molecule has 9 nitrogen and oxygen atoms in total. The Morgan fingerprint density at radius 1 is 1.17 bits per heavy atom. The van der Waals surface area contributed by atoms with E-state index in [9.17, 15) is 9.50 Å². The molecule has 242 valence electrons. The van der Waals surface area contributed by atoms with Gasteiger partial charge in [0.25, 0.3) is 0 Å². The SMILES string of the molecule is C#Cc1c(F)ccc2cc(O)cc(-c3ncc4c(N5C[C@H]6CC[C@@H](C5)N6)nc(OC[C@]56CC[C@H](COC)N5CC(=C)C6)nc4c3F)c12. The molecule has 11 heteroatoms. The number of hydrogen-bond acceptors (Lipinski definition) is 9. The first kappa shape index (κ1) is 30.0. The molecule has 2 aromatic carbocycles. The van der Waals surface area contributed by atoms with E-state index < -0.39 is 11.6 Å². The fourth-order valence-electron chi connectivity index (χ4n) is 8.38. The molecule has 2 N–H and O–H groups in total. The van der Waals surface area contributed by atoms with Crippen molar-refractivity contribution in [2.75, 3.05) is 44.9 Å². The second-order valence-corrected chi connectivity index (χ2v) is 13.4. The van der Waals surface area contributed by atoms with Crippen LogP contribution in [0, 0.1) is 24.0 Å². The number of methoxy groups -OCH3 is 1. The molecular weight excluding hydrogens is 602 g/mol. The van der Waals surface area contributed by atoms with Crippen molar-refractivity contribution in [3.05, 3.63) is 59.8 Å². The maximum Gasteiger partial charge on any atom is 0.319 e. The summed E-state index contributed by atoms with van der Waals surface area (Å²) in [6, 6.07) is 6.51. The van der Waals surface area contributed by atoms with Crippen LogP contribution in [0.4, 0.5) is 14.6 Å². The van der Waals surface area contributed by atoms with Gasteiger partial charge in [0.1, 0.15) is 35.2 Å². The maximum absolute atomic E-state index is 16.9. The first-order chi connectivity index (χ1) is 22.8. The molecule has 2 aromatic heterocycles. The van der Waals surface area contributed by atoms with Crippen molar-refractivity contribution < 1.29 is 23.4 Å². The zero-order chi connectivity index (χ0) is 32.4. The molecule has 4 aliphatic heterocycles. The smallest absolute Gasteiger partial charge is 0.319 e. The number of aromatic nitrogens is 3. The third-order valence-corrected chi connectivity index (χ3v) is 10.4. The normalized spacial score (nSPS) is 25.5.